The van der Waals surface area contributed by atoms with Crippen LogP contribution in [0.25, 0.3) is 0 Å². The number of carbonyl (C=O) groups excluding carboxylic acids is 1. The average Bonchev–Trinajstić information content (AvgIpc) is 2.46. The third-order valence-electron chi connectivity index (χ3n) is 3.61. The minimum Gasteiger partial charge on any atom is -0.335 e. The largest absolute Gasteiger partial charge is 0.335 e. The van der Waals surface area contributed by atoms with Crippen molar-refractivity contribution in [2.75, 3.05) is 7.05 Å². The predicted molar refractivity (Wildman–Crippen MR) is 78.0 cm³/mol. The van der Waals surface area contributed by atoms with Crippen LogP contribution in [0.1, 0.15) is 34.5 Å². The van der Waals surface area contributed by atoms with Crippen molar-refractivity contribution in [2.45, 2.75) is 19.9 Å². The molecule has 110 valence electrons. The Morgan fingerprint density at radius 1 is 1.10 bits per heavy atom. The lowest BCUT2D eigenvalue weighted by atomic mass is 10.1. The SMILES string of the molecule is Cc1ccc(C(=O)N(C)C(C)c2ccc(F)cc2)c(F)c1. The molecule has 2 rings (SSSR count). The number of amides is 1. The summed E-state index contributed by atoms with van der Waals surface area (Å²) in [7, 11) is 1.61. The van der Waals surface area contributed by atoms with Crippen LogP contribution in [0.15, 0.2) is 42.5 Å². The van der Waals surface area contributed by atoms with E-state index in [1.54, 1.807) is 32.2 Å². The molecule has 2 aromatic rings. The van der Waals surface area contributed by atoms with E-state index in [9.17, 15) is 13.6 Å². The second-order valence-electron chi connectivity index (χ2n) is 5.13. The maximum absolute atomic E-state index is 13.9. The molecule has 2 nitrogen and oxygen atoms in total. The van der Waals surface area contributed by atoms with Crippen LogP contribution in [-0.2, 0) is 0 Å². The lowest BCUT2D eigenvalue weighted by Crippen LogP contribution is -2.30. The van der Waals surface area contributed by atoms with Crippen molar-refractivity contribution in [3.63, 3.8) is 0 Å². The number of rotatable bonds is 3. The van der Waals surface area contributed by atoms with Crippen LogP contribution in [0.3, 0.4) is 0 Å². The summed E-state index contributed by atoms with van der Waals surface area (Å²) in [5.74, 6) is -1.26. The van der Waals surface area contributed by atoms with Gasteiger partial charge in [-0.15, -0.1) is 0 Å². The third-order valence-corrected chi connectivity index (χ3v) is 3.61. The molecule has 0 aliphatic carbocycles. The lowest BCUT2D eigenvalue weighted by molar-refractivity contribution is 0.0738. The van der Waals surface area contributed by atoms with Crippen molar-refractivity contribution < 1.29 is 13.6 Å². The van der Waals surface area contributed by atoms with Crippen LogP contribution in [0.5, 0.6) is 0 Å². The highest BCUT2D eigenvalue weighted by molar-refractivity contribution is 5.94. The molecular formula is C17H17F2NO. The topological polar surface area (TPSA) is 20.3 Å². The van der Waals surface area contributed by atoms with E-state index in [1.165, 1.54) is 29.2 Å². The van der Waals surface area contributed by atoms with Gasteiger partial charge in [0.1, 0.15) is 11.6 Å². The van der Waals surface area contributed by atoms with Gasteiger partial charge in [0.15, 0.2) is 0 Å². The molecule has 1 amide bonds. The van der Waals surface area contributed by atoms with Crippen molar-refractivity contribution in [3.8, 4) is 0 Å². The smallest absolute Gasteiger partial charge is 0.257 e. The van der Waals surface area contributed by atoms with Gasteiger partial charge in [0, 0.05) is 7.05 Å². The van der Waals surface area contributed by atoms with Crippen LogP contribution in [0.2, 0.25) is 0 Å². The molecule has 0 spiro atoms. The Morgan fingerprint density at radius 2 is 1.71 bits per heavy atom. The fourth-order valence-corrected chi connectivity index (χ4v) is 2.12. The molecule has 0 heterocycles. The number of hydrogen-bond acceptors (Lipinski definition) is 1. The van der Waals surface area contributed by atoms with Crippen molar-refractivity contribution in [1.29, 1.82) is 0 Å². The first-order chi connectivity index (χ1) is 9.90. The summed E-state index contributed by atoms with van der Waals surface area (Å²) in [6, 6.07) is 10.2. The number of hydrogen-bond donors (Lipinski definition) is 0. The molecule has 4 heteroatoms. The van der Waals surface area contributed by atoms with Gasteiger partial charge in [-0.1, -0.05) is 18.2 Å². The van der Waals surface area contributed by atoms with Crippen LogP contribution >= 0.6 is 0 Å². The van der Waals surface area contributed by atoms with E-state index in [0.717, 1.165) is 11.1 Å². The number of carbonyl (C=O) groups is 1. The Balaban J connectivity index is 2.24. The molecule has 0 fully saturated rings. The van der Waals surface area contributed by atoms with Gasteiger partial charge in [0.2, 0.25) is 0 Å². The number of nitrogens with zero attached hydrogens (tertiary/aromatic N) is 1. The Kier molecular flexibility index (Phi) is 4.36. The minimum atomic E-state index is -0.529. The second kappa shape index (κ2) is 6.04. The van der Waals surface area contributed by atoms with E-state index in [-0.39, 0.29) is 17.4 Å². The second-order valence-corrected chi connectivity index (χ2v) is 5.13. The number of aryl methyl sites for hydroxylation is 1. The van der Waals surface area contributed by atoms with E-state index in [1.807, 2.05) is 6.92 Å². The molecule has 1 atom stereocenters. The summed E-state index contributed by atoms with van der Waals surface area (Å²) in [6.07, 6.45) is 0. The molecule has 0 bridgehead atoms. The van der Waals surface area contributed by atoms with Crippen molar-refractivity contribution in [1.82, 2.24) is 4.90 Å². The van der Waals surface area contributed by atoms with E-state index < -0.39 is 11.7 Å². The monoisotopic (exact) mass is 289 g/mol. The molecule has 0 radical (unpaired) electrons. The molecule has 0 aliphatic heterocycles. The van der Waals surface area contributed by atoms with Gasteiger partial charge in [-0.05, 0) is 49.2 Å². The highest BCUT2D eigenvalue weighted by atomic mass is 19.1. The van der Waals surface area contributed by atoms with E-state index in [2.05, 4.69) is 0 Å². The highest BCUT2D eigenvalue weighted by Gasteiger charge is 2.21. The lowest BCUT2D eigenvalue weighted by Gasteiger charge is -2.25. The van der Waals surface area contributed by atoms with Gasteiger partial charge >= 0.3 is 0 Å². The van der Waals surface area contributed by atoms with Gasteiger partial charge in [-0.3, -0.25) is 4.79 Å². The van der Waals surface area contributed by atoms with Crippen LogP contribution < -0.4 is 0 Å². The first-order valence-electron chi connectivity index (χ1n) is 6.69. The van der Waals surface area contributed by atoms with Gasteiger partial charge in [-0.2, -0.15) is 0 Å². The average molecular weight is 289 g/mol. The molecule has 0 N–H and O–H groups in total. The van der Waals surface area contributed by atoms with E-state index in [0.29, 0.717) is 0 Å². The molecule has 0 saturated carbocycles. The summed E-state index contributed by atoms with van der Waals surface area (Å²) in [5, 5.41) is 0. The minimum absolute atomic E-state index is 0.0389. The first-order valence-corrected chi connectivity index (χ1v) is 6.69. The summed E-state index contributed by atoms with van der Waals surface area (Å²) >= 11 is 0. The van der Waals surface area contributed by atoms with Crippen LogP contribution in [-0.4, -0.2) is 17.9 Å². The maximum Gasteiger partial charge on any atom is 0.257 e. The number of halogens is 2. The van der Waals surface area contributed by atoms with Gasteiger partial charge in [0.05, 0.1) is 11.6 Å². The maximum atomic E-state index is 13.9. The quantitative estimate of drug-likeness (QED) is 0.833. The Bertz CT molecular complexity index is 652. The number of benzene rings is 2. The first kappa shape index (κ1) is 15.2. The molecule has 0 aliphatic rings. The van der Waals surface area contributed by atoms with Gasteiger partial charge in [0.25, 0.3) is 5.91 Å². The predicted octanol–water partition coefficient (Wildman–Crippen LogP) is 4.11. The summed E-state index contributed by atoms with van der Waals surface area (Å²) in [4.78, 5) is 13.8. The zero-order valence-corrected chi connectivity index (χ0v) is 12.2. The van der Waals surface area contributed by atoms with E-state index >= 15 is 0 Å². The molecule has 21 heavy (non-hydrogen) atoms. The fourth-order valence-electron chi connectivity index (χ4n) is 2.12. The van der Waals surface area contributed by atoms with Crippen molar-refractivity contribution in [2.24, 2.45) is 0 Å². The van der Waals surface area contributed by atoms with Gasteiger partial charge < -0.3 is 4.90 Å². The Hall–Kier alpha value is -2.23. The Labute approximate surface area is 123 Å². The van der Waals surface area contributed by atoms with Crippen LogP contribution in [0, 0.1) is 18.6 Å². The fraction of sp³-hybridized carbons (Fsp3) is 0.235. The molecule has 0 aromatic heterocycles. The van der Waals surface area contributed by atoms with Crippen LogP contribution in [0.4, 0.5) is 8.78 Å². The highest BCUT2D eigenvalue weighted by Crippen LogP contribution is 2.22. The van der Waals surface area contributed by atoms with E-state index in [4.69, 9.17) is 0 Å². The third kappa shape index (κ3) is 3.27. The molecule has 1 unspecified atom stereocenters. The zero-order chi connectivity index (χ0) is 15.6. The van der Waals surface area contributed by atoms with Crippen molar-refractivity contribution in [3.05, 3.63) is 70.8 Å². The zero-order valence-electron chi connectivity index (χ0n) is 12.2. The Morgan fingerprint density at radius 3 is 2.29 bits per heavy atom. The standard InChI is InChI=1S/C17H17F2NO/c1-11-4-9-15(16(19)10-11)17(21)20(3)12(2)13-5-7-14(18)8-6-13/h4-10,12H,1-3H3. The summed E-state index contributed by atoms with van der Waals surface area (Å²) < 4.78 is 26.8. The molecule has 0 saturated heterocycles. The summed E-state index contributed by atoms with van der Waals surface area (Å²) in [6.45, 7) is 3.58. The van der Waals surface area contributed by atoms with Gasteiger partial charge in [-0.25, -0.2) is 8.78 Å². The molecule has 2 aromatic carbocycles. The molecular weight excluding hydrogens is 272 g/mol. The summed E-state index contributed by atoms with van der Waals surface area (Å²) in [5.41, 5.74) is 1.59. The van der Waals surface area contributed by atoms with Crippen molar-refractivity contribution >= 4 is 5.91 Å². The normalized spacial score (nSPS) is 12.0.